The van der Waals surface area contributed by atoms with Gasteiger partial charge in [-0.15, -0.1) is 0 Å². The molecule has 0 unspecified atom stereocenters. The van der Waals surface area contributed by atoms with Crippen molar-refractivity contribution in [1.82, 2.24) is 5.32 Å². The number of hydrogen-bond donors (Lipinski definition) is 1. The van der Waals surface area contributed by atoms with Crippen LogP contribution >= 0.6 is 0 Å². The molecular formula is C12H16F2N2. The SMILES string of the molecule is CC(C)NC1CN(c2ccc(F)c(F)c2)C1. The van der Waals surface area contributed by atoms with Crippen molar-refractivity contribution in [1.29, 1.82) is 0 Å². The standard InChI is InChI=1S/C12H16F2N2/c1-8(2)15-9-6-16(7-9)10-3-4-11(13)12(14)5-10/h3-5,8-9,15H,6-7H2,1-2H3. The molecule has 88 valence electrons. The van der Waals surface area contributed by atoms with E-state index < -0.39 is 11.6 Å². The minimum Gasteiger partial charge on any atom is -0.368 e. The van der Waals surface area contributed by atoms with Crippen molar-refractivity contribution >= 4 is 5.69 Å². The smallest absolute Gasteiger partial charge is 0.160 e. The van der Waals surface area contributed by atoms with Crippen LogP contribution in [0.3, 0.4) is 0 Å². The molecule has 0 aliphatic carbocycles. The second-order valence-corrected chi connectivity index (χ2v) is 4.52. The Hall–Kier alpha value is -1.16. The Morgan fingerprint density at radius 3 is 2.50 bits per heavy atom. The maximum absolute atomic E-state index is 13.0. The molecule has 0 saturated carbocycles. The molecule has 16 heavy (non-hydrogen) atoms. The molecule has 0 bridgehead atoms. The average molecular weight is 226 g/mol. The lowest BCUT2D eigenvalue weighted by atomic mass is 10.1. The maximum atomic E-state index is 13.0. The second kappa shape index (κ2) is 4.37. The first-order chi connectivity index (χ1) is 7.56. The lowest BCUT2D eigenvalue weighted by Gasteiger charge is -2.42. The van der Waals surface area contributed by atoms with E-state index in [1.807, 2.05) is 4.90 Å². The normalized spacial score (nSPS) is 16.7. The monoisotopic (exact) mass is 226 g/mol. The summed E-state index contributed by atoms with van der Waals surface area (Å²) in [5, 5.41) is 3.40. The van der Waals surface area contributed by atoms with Gasteiger partial charge in [0.15, 0.2) is 11.6 Å². The number of hydrogen-bond acceptors (Lipinski definition) is 2. The van der Waals surface area contributed by atoms with Crippen LogP contribution in [0.5, 0.6) is 0 Å². The third kappa shape index (κ3) is 2.32. The zero-order valence-electron chi connectivity index (χ0n) is 9.50. The fourth-order valence-electron chi connectivity index (χ4n) is 1.95. The highest BCUT2D eigenvalue weighted by Gasteiger charge is 2.27. The molecule has 0 spiro atoms. The van der Waals surface area contributed by atoms with E-state index in [2.05, 4.69) is 19.2 Å². The molecule has 1 fully saturated rings. The highest BCUT2D eigenvalue weighted by atomic mass is 19.2. The van der Waals surface area contributed by atoms with Crippen molar-refractivity contribution in [3.8, 4) is 0 Å². The Labute approximate surface area is 94.3 Å². The zero-order valence-corrected chi connectivity index (χ0v) is 9.50. The molecule has 0 atom stereocenters. The molecular weight excluding hydrogens is 210 g/mol. The Bertz CT molecular complexity index is 373. The van der Waals surface area contributed by atoms with Gasteiger partial charge in [-0.05, 0) is 12.1 Å². The van der Waals surface area contributed by atoms with Crippen LogP contribution in [-0.4, -0.2) is 25.2 Å². The molecule has 0 aromatic heterocycles. The van der Waals surface area contributed by atoms with Crippen LogP contribution in [0.15, 0.2) is 18.2 Å². The van der Waals surface area contributed by atoms with E-state index in [1.165, 1.54) is 12.1 Å². The minimum atomic E-state index is -0.791. The van der Waals surface area contributed by atoms with E-state index in [1.54, 1.807) is 6.07 Å². The molecule has 1 N–H and O–H groups in total. The summed E-state index contributed by atoms with van der Waals surface area (Å²) < 4.78 is 25.7. The zero-order chi connectivity index (χ0) is 11.7. The highest BCUT2D eigenvalue weighted by molar-refractivity contribution is 5.49. The predicted molar refractivity (Wildman–Crippen MR) is 60.6 cm³/mol. The van der Waals surface area contributed by atoms with Gasteiger partial charge >= 0.3 is 0 Å². The van der Waals surface area contributed by atoms with Crippen LogP contribution < -0.4 is 10.2 Å². The first-order valence-corrected chi connectivity index (χ1v) is 5.52. The number of nitrogens with one attached hydrogen (secondary N) is 1. The van der Waals surface area contributed by atoms with Gasteiger partial charge < -0.3 is 10.2 Å². The summed E-state index contributed by atoms with van der Waals surface area (Å²) in [6, 6.07) is 4.95. The van der Waals surface area contributed by atoms with Crippen molar-refractivity contribution in [2.75, 3.05) is 18.0 Å². The number of anilines is 1. The van der Waals surface area contributed by atoms with Gasteiger partial charge in [0.05, 0.1) is 0 Å². The fraction of sp³-hybridized carbons (Fsp3) is 0.500. The maximum Gasteiger partial charge on any atom is 0.160 e. The summed E-state index contributed by atoms with van der Waals surface area (Å²) in [5.41, 5.74) is 0.751. The van der Waals surface area contributed by atoms with Gasteiger partial charge in [0.2, 0.25) is 0 Å². The first-order valence-electron chi connectivity index (χ1n) is 5.52. The summed E-state index contributed by atoms with van der Waals surface area (Å²) in [5.74, 6) is -1.57. The summed E-state index contributed by atoms with van der Waals surface area (Å²) in [6.07, 6.45) is 0. The highest BCUT2D eigenvalue weighted by Crippen LogP contribution is 2.22. The second-order valence-electron chi connectivity index (χ2n) is 4.52. The summed E-state index contributed by atoms with van der Waals surface area (Å²) >= 11 is 0. The van der Waals surface area contributed by atoms with Crippen LogP contribution in [0.25, 0.3) is 0 Å². The predicted octanol–water partition coefficient (Wildman–Crippen LogP) is 2.15. The third-order valence-corrected chi connectivity index (χ3v) is 2.72. The lowest BCUT2D eigenvalue weighted by molar-refractivity contribution is 0.388. The van der Waals surface area contributed by atoms with Gasteiger partial charge in [0.25, 0.3) is 0 Å². The first kappa shape index (κ1) is 11.3. The summed E-state index contributed by atoms with van der Waals surface area (Å²) in [7, 11) is 0. The van der Waals surface area contributed by atoms with Crippen LogP contribution in [0.1, 0.15) is 13.8 Å². The fourth-order valence-corrected chi connectivity index (χ4v) is 1.95. The van der Waals surface area contributed by atoms with Gasteiger partial charge in [-0.3, -0.25) is 0 Å². The molecule has 1 heterocycles. The van der Waals surface area contributed by atoms with E-state index in [0.717, 1.165) is 18.8 Å². The summed E-state index contributed by atoms with van der Waals surface area (Å²) in [4.78, 5) is 2.03. The Balaban J connectivity index is 1.94. The van der Waals surface area contributed by atoms with Crippen molar-refractivity contribution in [3.05, 3.63) is 29.8 Å². The Morgan fingerprint density at radius 1 is 1.25 bits per heavy atom. The van der Waals surface area contributed by atoms with Gasteiger partial charge in [-0.1, -0.05) is 13.8 Å². The van der Waals surface area contributed by atoms with Gasteiger partial charge in [-0.2, -0.15) is 0 Å². The van der Waals surface area contributed by atoms with E-state index in [0.29, 0.717) is 12.1 Å². The molecule has 0 radical (unpaired) electrons. The quantitative estimate of drug-likeness (QED) is 0.849. The molecule has 1 aromatic carbocycles. The van der Waals surface area contributed by atoms with Crippen LogP contribution in [0.2, 0.25) is 0 Å². The van der Waals surface area contributed by atoms with Crippen molar-refractivity contribution in [3.63, 3.8) is 0 Å². The number of halogens is 2. The van der Waals surface area contributed by atoms with Gasteiger partial charge in [-0.25, -0.2) is 8.78 Å². The van der Waals surface area contributed by atoms with E-state index in [9.17, 15) is 8.78 Å². The third-order valence-electron chi connectivity index (χ3n) is 2.72. The molecule has 4 heteroatoms. The lowest BCUT2D eigenvalue weighted by Crippen LogP contribution is -2.59. The Kier molecular flexibility index (Phi) is 3.10. The van der Waals surface area contributed by atoms with E-state index in [-0.39, 0.29) is 0 Å². The van der Waals surface area contributed by atoms with Crippen LogP contribution in [-0.2, 0) is 0 Å². The molecule has 1 aliphatic rings. The molecule has 1 aromatic rings. The molecule has 1 aliphatic heterocycles. The number of rotatable bonds is 3. The molecule has 1 saturated heterocycles. The van der Waals surface area contributed by atoms with E-state index in [4.69, 9.17) is 0 Å². The molecule has 2 rings (SSSR count). The largest absolute Gasteiger partial charge is 0.368 e. The van der Waals surface area contributed by atoms with Crippen LogP contribution in [0.4, 0.5) is 14.5 Å². The summed E-state index contributed by atoms with van der Waals surface area (Å²) in [6.45, 7) is 5.90. The van der Waals surface area contributed by atoms with Crippen molar-refractivity contribution < 1.29 is 8.78 Å². The topological polar surface area (TPSA) is 15.3 Å². The average Bonchev–Trinajstić information content (AvgIpc) is 2.15. The van der Waals surface area contributed by atoms with Crippen molar-refractivity contribution in [2.45, 2.75) is 25.9 Å². The van der Waals surface area contributed by atoms with Crippen LogP contribution in [0, 0.1) is 11.6 Å². The molecule has 2 nitrogen and oxygen atoms in total. The van der Waals surface area contributed by atoms with Crippen molar-refractivity contribution in [2.24, 2.45) is 0 Å². The minimum absolute atomic E-state index is 0.452. The number of benzene rings is 1. The number of nitrogens with zero attached hydrogens (tertiary/aromatic N) is 1. The van der Waals surface area contributed by atoms with Gasteiger partial charge in [0.1, 0.15) is 0 Å². The van der Waals surface area contributed by atoms with Gasteiger partial charge in [0, 0.05) is 36.9 Å². The van der Waals surface area contributed by atoms with E-state index >= 15 is 0 Å². The molecule has 0 amide bonds. The Morgan fingerprint density at radius 2 is 1.94 bits per heavy atom.